The van der Waals surface area contributed by atoms with E-state index in [-0.39, 0.29) is 0 Å². The molecule has 2 unspecified atom stereocenters. The molecule has 2 aromatic rings. The number of nitrogens with zero attached hydrogens (tertiary/aromatic N) is 2. The van der Waals surface area contributed by atoms with Crippen LogP contribution in [0, 0.1) is 16.7 Å². The van der Waals surface area contributed by atoms with Crippen LogP contribution in [0.2, 0.25) is 0 Å². The number of hydrogen-bond donors (Lipinski definition) is 1. The Morgan fingerprint density at radius 2 is 2.05 bits per heavy atom. The minimum absolute atomic E-state index is 0.577. The fraction of sp³-hybridized carbons (Fsp3) is 0.294. The number of halogens is 1. The molecule has 106 valence electrons. The Kier molecular flexibility index (Phi) is 3.79. The van der Waals surface area contributed by atoms with Gasteiger partial charge in [0.25, 0.3) is 0 Å². The molecule has 0 radical (unpaired) electrons. The Morgan fingerprint density at radius 3 is 2.76 bits per heavy atom. The second-order valence-corrected chi connectivity index (χ2v) is 6.47. The third kappa shape index (κ3) is 2.59. The van der Waals surface area contributed by atoms with Crippen molar-refractivity contribution in [1.82, 2.24) is 4.98 Å². The number of benzene rings is 1. The highest BCUT2D eigenvalue weighted by Gasteiger charge is 2.42. The van der Waals surface area contributed by atoms with Crippen LogP contribution >= 0.6 is 15.9 Å². The standard InChI is InChI=1S/C17H15BrN2O/c18-15-7-14(9-20-10-15)16(21)17(11-19)6-5-12-3-1-2-4-13(12)8-17/h1-4,7,9-10,16,21H,5-6,8H2. The summed E-state index contributed by atoms with van der Waals surface area (Å²) < 4.78 is 0.809. The highest BCUT2D eigenvalue weighted by Crippen LogP contribution is 2.44. The SMILES string of the molecule is N#CC1(C(O)c2cncc(Br)c2)CCc2ccccc2C1. The number of hydrogen-bond acceptors (Lipinski definition) is 3. The molecule has 1 aliphatic carbocycles. The monoisotopic (exact) mass is 342 g/mol. The fourth-order valence-corrected chi connectivity index (χ4v) is 3.43. The van der Waals surface area contributed by atoms with Crippen molar-refractivity contribution in [2.24, 2.45) is 5.41 Å². The highest BCUT2D eigenvalue weighted by atomic mass is 79.9. The lowest BCUT2D eigenvalue weighted by Gasteiger charge is -2.36. The topological polar surface area (TPSA) is 56.9 Å². The molecule has 0 amide bonds. The normalized spacial score (nSPS) is 22.1. The van der Waals surface area contributed by atoms with Gasteiger partial charge in [0.05, 0.1) is 17.6 Å². The first-order chi connectivity index (χ1) is 10.1. The zero-order chi connectivity index (χ0) is 14.9. The van der Waals surface area contributed by atoms with Crippen LogP contribution in [-0.4, -0.2) is 10.1 Å². The minimum atomic E-state index is -0.833. The van der Waals surface area contributed by atoms with Crippen molar-refractivity contribution in [1.29, 1.82) is 5.26 Å². The van der Waals surface area contributed by atoms with Gasteiger partial charge in [-0.05, 0) is 52.4 Å². The number of aromatic nitrogens is 1. The van der Waals surface area contributed by atoms with Crippen LogP contribution < -0.4 is 0 Å². The molecule has 1 aromatic heterocycles. The Balaban J connectivity index is 1.97. The van der Waals surface area contributed by atoms with E-state index in [0.717, 1.165) is 16.5 Å². The van der Waals surface area contributed by atoms with Crippen LogP contribution in [0.3, 0.4) is 0 Å². The Labute approximate surface area is 132 Å². The average Bonchev–Trinajstić information content (AvgIpc) is 2.53. The van der Waals surface area contributed by atoms with Crippen LogP contribution in [0.5, 0.6) is 0 Å². The van der Waals surface area contributed by atoms with Gasteiger partial charge < -0.3 is 5.11 Å². The second-order valence-electron chi connectivity index (χ2n) is 5.55. The molecule has 1 heterocycles. The van der Waals surface area contributed by atoms with Gasteiger partial charge in [-0.2, -0.15) is 5.26 Å². The summed E-state index contributed by atoms with van der Waals surface area (Å²) in [6, 6.07) is 12.4. The van der Waals surface area contributed by atoms with Crippen molar-refractivity contribution in [3.8, 4) is 6.07 Å². The summed E-state index contributed by atoms with van der Waals surface area (Å²) >= 11 is 3.36. The van der Waals surface area contributed by atoms with Gasteiger partial charge in [-0.15, -0.1) is 0 Å². The van der Waals surface area contributed by atoms with Gasteiger partial charge in [-0.1, -0.05) is 24.3 Å². The Bertz CT molecular complexity index is 710. The first-order valence-electron chi connectivity index (χ1n) is 6.91. The molecule has 1 N–H and O–H groups in total. The number of aliphatic hydroxyl groups is 1. The van der Waals surface area contributed by atoms with Gasteiger partial charge in [0, 0.05) is 22.4 Å². The van der Waals surface area contributed by atoms with E-state index in [2.05, 4.69) is 33.0 Å². The number of nitriles is 1. The van der Waals surface area contributed by atoms with Crippen molar-refractivity contribution >= 4 is 15.9 Å². The zero-order valence-corrected chi connectivity index (χ0v) is 13.0. The van der Waals surface area contributed by atoms with Crippen LogP contribution in [0.4, 0.5) is 0 Å². The summed E-state index contributed by atoms with van der Waals surface area (Å²) in [4.78, 5) is 4.09. The van der Waals surface area contributed by atoms with Gasteiger partial charge in [-0.25, -0.2) is 0 Å². The van der Waals surface area contributed by atoms with E-state index in [0.29, 0.717) is 18.4 Å². The zero-order valence-electron chi connectivity index (χ0n) is 11.5. The number of rotatable bonds is 2. The first-order valence-corrected chi connectivity index (χ1v) is 7.70. The van der Waals surface area contributed by atoms with Gasteiger partial charge in [0.2, 0.25) is 0 Å². The highest BCUT2D eigenvalue weighted by molar-refractivity contribution is 9.10. The molecule has 0 aliphatic heterocycles. The summed E-state index contributed by atoms with van der Waals surface area (Å²) in [5.74, 6) is 0. The Morgan fingerprint density at radius 1 is 1.29 bits per heavy atom. The minimum Gasteiger partial charge on any atom is -0.387 e. The van der Waals surface area contributed by atoms with Gasteiger partial charge in [0.1, 0.15) is 0 Å². The number of aliphatic hydroxyl groups excluding tert-OH is 1. The van der Waals surface area contributed by atoms with Gasteiger partial charge in [0.15, 0.2) is 0 Å². The molecule has 0 bridgehead atoms. The van der Waals surface area contributed by atoms with E-state index in [9.17, 15) is 10.4 Å². The molecule has 0 fully saturated rings. The van der Waals surface area contributed by atoms with Crippen LogP contribution in [-0.2, 0) is 12.8 Å². The van der Waals surface area contributed by atoms with E-state index < -0.39 is 11.5 Å². The van der Waals surface area contributed by atoms with Crippen molar-refractivity contribution < 1.29 is 5.11 Å². The van der Waals surface area contributed by atoms with E-state index in [1.807, 2.05) is 24.3 Å². The Hall–Kier alpha value is -1.70. The first kappa shape index (κ1) is 14.2. The maximum absolute atomic E-state index is 10.8. The molecule has 21 heavy (non-hydrogen) atoms. The molecule has 3 nitrogen and oxygen atoms in total. The molecular formula is C17H15BrN2O. The maximum atomic E-state index is 10.8. The molecule has 0 saturated heterocycles. The summed E-state index contributed by atoms with van der Waals surface area (Å²) in [6.45, 7) is 0. The average molecular weight is 343 g/mol. The second kappa shape index (κ2) is 5.59. The van der Waals surface area contributed by atoms with Gasteiger partial charge >= 0.3 is 0 Å². The predicted molar refractivity (Wildman–Crippen MR) is 83.4 cm³/mol. The number of aryl methyl sites for hydroxylation is 1. The largest absolute Gasteiger partial charge is 0.387 e. The van der Waals surface area contributed by atoms with E-state index in [4.69, 9.17) is 0 Å². The summed E-state index contributed by atoms with van der Waals surface area (Å²) in [7, 11) is 0. The molecule has 1 aliphatic rings. The lowest BCUT2D eigenvalue weighted by Crippen LogP contribution is -2.34. The van der Waals surface area contributed by atoms with Crippen LogP contribution in [0.1, 0.15) is 29.2 Å². The van der Waals surface area contributed by atoms with Gasteiger partial charge in [-0.3, -0.25) is 4.98 Å². The lowest BCUT2D eigenvalue weighted by atomic mass is 9.68. The molecule has 4 heteroatoms. The van der Waals surface area contributed by atoms with E-state index >= 15 is 0 Å². The lowest BCUT2D eigenvalue weighted by molar-refractivity contribution is 0.0523. The predicted octanol–water partition coefficient (Wildman–Crippen LogP) is 3.58. The molecule has 2 atom stereocenters. The molecule has 0 spiro atoms. The smallest absolute Gasteiger partial charge is 0.0994 e. The summed E-state index contributed by atoms with van der Waals surface area (Å²) in [5.41, 5.74) is 2.34. The quantitative estimate of drug-likeness (QED) is 0.907. The number of fused-ring (bicyclic) bond motifs is 1. The maximum Gasteiger partial charge on any atom is 0.0994 e. The van der Waals surface area contributed by atoms with Crippen LogP contribution in [0.15, 0.2) is 47.2 Å². The third-order valence-electron chi connectivity index (χ3n) is 4.25. The van der Waals surface area contributed by atoms with Crippen molar-refractivity contribution in [3.05, 3.63) is 63.9 Å². The summed E-state index contributed by atoms with van der Waals surface area (Å²) in [6.07, 6.45) is 4.53. The molecular weight excluding hydrogens is 328 g/mol. The summed E-state index contributed by atoms with van der Waals surface area (Å²) in [5, 5.41) is 20.5. The van der Waals surface area contributed by atoms with E-state index in [1.54, 1.807) is 12.4 Å². The molecule has 3 rings (SSSR count). The van der Waals surface area contributed by atoms with Crippen LogP contribution in [0.25, 0.3) is 0 Å². The fourth-order valence-electron chi connectivity index (χ4n) is 3.05. The number of pyridine rings is 1. The van der Waals surface area contributed by atoms with Crippen molar-refractivity contribution in [2.45, 2.75) is 25.4 Å². The molecule has 0 saturated carbocycles. The van der Waals surface area contributed by atoms with Crippen molar-refractivity contribution in [2.75, 3.05) is 0 Å². The molecule has 1 aromatic carbocycles. The van der Waals surface area contributed by atoms with Crippen molar-refractivity contribution in [3.63, 3.8) is 0 Å². The van der Waals surface area contributed by atoms with E-state index in [1.165, 1.54) is 5.56 Å². The third-order valence-corrected chi connectivity index (χ3v) is 4.69.